The predicted octanol–water partition coefficient (Wildman–Crippen LogP) is 4.53. The average molecular weight is 400 g/mol. The minimum absolute atomic E-state index is 0.00933. The van der Waals surface area contributed by atoms with Gasteiger partial charge < -0.3 is 15.7 Å². The molecule has 3 N–H and O–H groups in total. The molecule has 0 bridgehead atoms. The van der Waals surface area contributed by atoms with E-state index in [1.54, 1.807) is 18.2 Å². The van der Waals surface area contributed by atoms with Gasteiger partial charge in [0.15, 0.2) is 0 Å². The van der Waals surface area contributed by atoms with Crippen LogP contribution in [0.25, 0.3) is 0 Å². The molecule has 0 saturated heterocycles. The first-order valence-electron chi connectivity index (χ1n) is 7.98. The van der Waals surface area contributed by atoms with Crippen LogP contribution in [0, 0.1) is 17.0 Å². The van der Waals surface area contributed by atoms with Gasteiger partial charge in [0.2, 0.25) is 11.6 Å². The highest BCUT2D eigenvalue weighted by Crippen LogP contribution is 2.34. The first kappa shape index (κ1) is 19.1. The van der Waals surface area contributed by atoms with E-state index in [0.29, 0.717) is 16.4 Å². The first-order chi connectivity index (χ1) is 13.3. The number of nitrogens with one attached hydrogen (secondary N) is 2. The van der Waals surface area contributed by atoms with E-state index in [1.165, 1.54) is 30.6 Å². The maximum absolute atomic E-state index is 11.7. The minimum atomic E-state index is -1.07. The van der Waals surface area contributed by atoms with Crippen LogP contribution in [0.5, 0.6) is 0 Å². The molecule has 0 amide bonds. The number of nitro groups is 1. The van der Waals surface area contributed by atoms with Crippen LogP contribution in [-0.2, 0) is 0 Å². The van der Waals surface area contributed by atoms with E-state index in [9.17, 15) is 14.9 Å². The number of carboxylic acid groups (broad SMARTS) is 1. The number of rotatable bonds is 6. The lowest BCUT2D eigenvalue weighted by Crippen LogP contribution is -2.06. The van der Waals surface area contributed by atoms with Gasteiger partial charge in [0, 0.05) is 16.4 Å². The molecule has 3 rings (SSSR count). The Morgan fingerprint density at radius 2 is 1.75 bits per heavy atom. The van der Waals surface area contributed by atoms with Gasteiger partial charge in [-0.25, -0.2) is 14.8 Å². The lowest BCUT2D eigenvalue weighted by Gasteiger charge is -2.12. The summed E-state index contributed by atoms with van der Waals surface area (Å²) in [6.07, 6.45) is 1.19. The minimum Gasteiger partial charge on any atom is -0.478 e. The van der Waals surface area contributed by atoms with Gasteiger partial charge in [0.1, 0.15) is 6.33 Å². The van der Waals surface area contributed by atoms with Crippen LogP contribution in [0.1, 0.15) is 15.9 Å². The molecular formula is C18H14ClN5O4. The monoisotopic (exact) mass is 399 g/mol. The number of aryl methyl sites for hydroxylation is 1. The standard InChI is InChI=1S/C18H14ClN5O4/c1-10-8-12(19)4-7-14(10)23-17-15(24(27)28)16(20-9-21-17)22-13-5-2-11(3-6-13)18(25)26/h2-9H,1H3,(H,25,26)(H2,20,21,22,23). The maximum Gasteiger partial charge on any atom is 0.353 e. The third-order valence-corrected chi connectivity index (χ3v) is 4.08. The van der Waals surface area contributed by atoms with E-state index in [2.05, 4.69) is 20.6 Å². The Hall–Kier alpha value is -3.72. The molecule has 10 heteroatoms. The van der Waals surface area contributed by atoms with Gasteiger partial charge in [-0.3, -0.25) is 10.1 Å². The van der Waals surface area contributed by atoms with Gasteiger partial charge in [-0.05, 0) is 55.0 Å². The van der Waals surface area contributed by atoms with Crippen LogP contribution in [0.4, 0.5) is 28.7 Å². The Bertz CT molecular complexity index is 1060. The Kier molecular flexibility index (Phi) is 5.37. The van der Waals surface area contributed by atoms with Crippen LogP contribution in [0.2, 0.25) is 5.02 Å². The third-order valence-electron chi connectivity index (χ3n) is 3.84. The number of carbonyl (C=O) groups is 1. The van der Waals surface area contributed by atoms with E-state index < -0.39 is 10.9 Å². The fourth-order valence-electron chi connectivity index (χ4n) is 2.46. The lowest BCUT2D eigenvalue weighted by atomic mass is 10.2. The van der Waals surface area contributed by atoms with E-state index in [-0.39, 0.29) is 22.9 Å². The number of aromatic carboxylic acids is 1. The molecule has 2 aromatic carbocycles. The second kappa shape index (κ2) is 7.89. The second-order valence-electron chi connectivity index (χ2n) is 5.77. The van der Waals surface area contributed by atoms with Crippen molar-refractivity contribution in [1.82, 2.24) is 9.97 Å². The zero-order valence-electron chi connectivity index (χ0n) is 14.5. The Labute approximate surface area is 164 Å². The number of benzene rings is 2. The number of halogens is 1. The lowest BCUT2D eigenvalue weighted by molar-refractivity contribution is -0.383. The summed E-state index contributed by atoms with van der Waals surface area (Å²) >= 11 is 5.94. The fraction of sp³-hybridized carbons (Fsp3) is 0.0556. The number of nitrogens with zero attached hydrogens (tertiary/aromatic N) is 3. The molecule has 0 radical (unpaired) electrons. The summed E-state index contributed by atoms with van der Waals surface area (Å²) in [5.41, 5.74) is 1.60. The number of aromatic nitrogens is 2. The second-order valence-corrected chi connectivity index (χ2v) is 6.20. The molecule has 28 heavy (non-hydrogen) atoms. The maximum atomic E-state index is 11.7. The molecular weight excluding hydrogens is 386 g/mol. The molecule has 9 nitrogen and oxygen atoms in total. The molecule has 0 spiro atoms. The summed E-state index contributed by atoms with van der Waals surface area (Å²) in [6, 6.07) is 10.8. The molecule has 142 valence electrons. The van der Waals surface area contributed by atoms with Crippen molar-refractivity contribution in [2.45, 2.75) is 6.92 Å². The topological polar surface area (TPSA) is 130 Å². The van der Waals surface area contributed by atoms with Crippen molar-refractivity contribution in [3.05, 3.63) is 75.1 Å². The fourth-order valence-corrected chi connectivity index (χ4v) is 2.69. The third kappa shape index (κ3) is 4.15. The summed E-state index contributed by atoms with van der Waals surface area (Å²) < 4.78 is 0. The average Bonchev–Trinajstić information content (AvgIpc) is 2.64. The van der Waals surface area contributed by atoms with Gasteiger partial charge in [0.05, 0.1) is 10.5 Å². The Morgan fingerprint density at radius 1 is 1.11 bits per heavy atom. The van der Waals surface area contributed by atoms with Gasteiger partial charge in [0.25, 0.3) is 0 Å². The van der Waals surface area contributed by atoms with Crippen molar-refractivity contribution in [3.63, 3.8) is 0 Å². The molecule has 0 aliphatic rings. The molecule has 3 aromatic rings. The van der Waals surface area contributed by atoms with E-state index in [4.69, 9.17) is 16.7 Å². The first-order valence-corrected chi connectivity index (χ1v) is 8.36. The van der Waals surface area contributed by atoms with E-state index in [1.807, 2.05) is 6.92 Å². The summed E-state index contributed by atoms with van der Waals surface area (Å²) in [7, 11) is 0. The van der Waals surface area contributed by atoms with Crippen molar-refractivity contribution < 1.29 is 14.8 Å². The largest absolute Gasteiger partial charge is 0.478 e. The van der Waals surface area contributed by atoms with Crippen LogP contribution in [0.15, 0.2) is 48.8 Å². The summed E-state index contributed by atoms with van der Waals surface area (Å²) in [5.74, 6) is -1.09. The molecule has 0 aliphatic carbocycles. The molecule has 0 atom stereocenters. The highest BCUT2D eigenvalue weighted by molar-refractivity contribution is 6.30. The molecule has 0 saturated carbocycles. The summed E-state index contributed by atoms with van der Waals surface area (Å²) in [4.78, 5) is 29.9. The normalized spacial score (nSPS) is 10.4. The van der Waals surface area contributed by atoms with E-state index >= 15 is 0 Å². The molecule has 1 heterocycles. The van der Waals surface area contributed by atoms with Crippen molar-refractivity contribution in [1.29, 1.82) is 0 Å². The smallest absolute Gasteiger partial charge is 0.353 e. The number of carboxylic acids is 1. The Balaban J connectivity index is 1.95. The molecule has 0 unspecified atom stereocenters. The van der Waals surface area contributed by atoms with Crippen molar-refractivity contribution in [2.75, 3.05) is 10.6 Å². The number of hydrogen-bond acceptors (Lipinski definition) is 7. The zero-order valence-corrected chi connectivity index (χ0v) is 15.3. The van der Waals surface area contributed by atoms with Crippen LogP contribution in [0.3, 0.4) is 0 Å². The van der Waals surface area contributed by atoms with Gasteiger partial charge >= 0.3 is 11.7 Å². The van der Waals surface area contributed by atoms with Crippen molar-refractivity contribution >= 4 is 46.3 Å². The summed E-state index contributed by atoms with van der Waals surface area (Å²) in [6.45, 7) is 1.81. The zero-order chi connectivity index (χ0) is 20.3. The van der Waals surface area contributed by atoms with Gasteiger partial charge in [-0.2, -0.15) is 0 Å². The highest BCUT2D eigenvalue weighted by Gasteiger charge is 2.23. The Morgan fingerprint density at radius 3 is 2.32 bits per heavy atom. The quantitative estimate of drug-likeness (QED) is 0.407. The molecule has 1 aromatic heterocycles. The molecule has 0 aliphatic heterocycles. The van der Waals surface area contributed by atoms with Crippen molar-refractivity contribution in [3.8, 4) is 0 Å². The SMILES string of the molecule is Cc1cc(Cl)ccc1Nc1ncnc(Nc2ccc(C(=O)O)cc2)c1[N+](=O)[O-]. The van der Waals surface area contributed by atoms with Crippen molar-refractivity contribution in [2.24, 2.45) is 0 Å². The van der Waals surface area contributed by atoms with Gasteiger partial charge in [-0.1, -0.05) is 11.6 Å². The predicted molar refractivity (Wildman–Crippen MR) is 105 cm³/mol. The number of hydrogen-bond donors (Lipinski definition) is 3. The van der Waals surface area contributed by atoms with E-state index in [0.717, 1.165) is 5.56 Å². The van der Waals surface area contributed by atoms with Crippen LogP contribution < -0.4 is 10.6 Å². The van der Waals surface area contributed by atoms with Crippen LogP contribution in [-0.4, -0.2) is 26.0 Å². The summed E-state index contributed by atoms with van der Waals surface area (Å²) in [5, 5.41) is 26.9. The number of anilines is 4. The molecule has 0 fully saturated rings. The van der Waals surface area contributed by atoms with Gasteiger partial charge in [-0.15, -0.1) is 0 Å². The highest BCUT2D eigenvalue weighted by atomic mass is 35.5. The van der Waals surface area contributed by atoms with Crippen LogP contribution >= 0.6 is 11.6 Å².